The number of nitrogens with one attached hydrogen (secondary N) is 3. The number of nitrogens with zero attached hydrogens (tertiary/aromatic N) is 2. The number of halogens is 1. The van der Waals surface area contributed by atoms with Crippen LogP contribution in [-0.4, -0.2) is 32.6 Å². The Bertz CT molecular complexity index is 1350. The van der Waals surface area contributed by atoms with Gasteiger partial charge in [0.15, 0.2) is 11.6 Å². The molecule has 13 heteroatoms. The summed E-state index contributed by atoms with van der Waals surface area (Å²) in [6.45, 7) is 3.28. The van der Waals surface area contributed by atoms with Gasteiger partial charge in [-0.25, -0.2) is 36.1 Å². The summed E-state index contributed by atoms with van der Waals surface area (Å²) < 4.78 is 63.3. The summed E-state index contributed by atoms with van der Waals surface area (Å²) >= 11 is 0. The largest absolute Gasteiger partial charge is 0.338 e. The molecule has 0 aliphatic heterocycles. The predicted octanol–water partition coefficient (Wildman–Crippen LogP) is 2.75. The standard InChI is InChI=1S/C20H23FN6O4S2/c1-3-32(28,29)27-13(2)14-7-9-15(10-8-14)24-19-18(21)12-23-20(26-19)25-16-5-4-6-17(11-16)33(22,30)31/h4-13,27H,3H2,1-2H3,(H2,22,30,31)(H2,23,24,25,26)/t13-/m1/s1. The fourth-order valence-corrected chi connectivity index (χ4v) is 4.21. The molecule has 1 aromatic heterocycles. The second-order valence-electron chi connectivity index (χ2n) is 7.08. The van der Waals surface area contributed by atoms with Crippen LogP contribution in [0.1, 0.15) is 25.5 Å². The number of sulfonamides is 2. The third-order valence-corrected chi connectivity index (χ3v) is 6.96. The van der Waals surface area contributed by atoms with Crippen molar-refractivity contribution in [2.45, 2.75) is 24.8 Å². The summed E-state index contributed by atoms with van der Waals surface area (Å²) in [6, 6.07) is 12.0. The van der Waals surface area contributed by atoms with Crippen LogP contribution in [0.5, 0.6) is 0 Å². The van der Waals surface area contributed by atoms with Crippen LogP contribution in [0.15, 0.2) is 59.6 Å². The number of hydrogen-bond acceptors (Lipinski definition) is 8. The molecular weight excluding hydrogens is 471 g/mol. The number of aromatic nitrogens is 2. The molecule has 5 N–H and O–H groups in total. The molecule has 0 saturated carbocycles. The smallest absolute Gasteiger partial charge is 0.238 e. The topological polar surface area (TPSA) is 156 Å². The monoisotopic (exact) mass is 494 g/mol. The molecule has 0 radical (unpaired) electrons. The summed E-state index contributed by atoms with van der Waals surface area (Å²) in [5.74, 6) is -0.800. The zero-order chi connectivity index (χ0) is 24.2. The van der Waals surface area contributed by atoms with Gasteiger partial charge in [0.2, 0.25) is 26.0 Å². The highest BCUT2D eigenvalue weighted by molar-refractivity contribution is 7.89. The van der Waals surface area contributed by atoms with E-state index in [0.29, 0.717) is 11.4 Å². The van der Waals surface area contributed by atoms with Gasteiger partial charge in [-0.05, 0) is 49.7 Å². The highest BCUT2D eigenvalue weighted by Crippen LogP contribution is 2.23. The van der Waals surface area contributed by atoms with Crippen LogP contribution in [0.2, 0.25) is 0 Å². The van der Waals surface area contributed by atoms with Crippen molar-refractivity contribution >= 4 is 43.2 Å². The number of benzene rings is 2. The van der Waals surface area contributed by atoms with Crippen LogP contribution in [0.3, 0.4) is 0 Å². The maximum Gasteiger partial charge on any atom is 0.238 e. The Morgan fingerprint density at radius 2 is 1.73 bits per heavy atom. The zero-order valence-electron chi connectivity index (χ0n) is 17.8. The lowest BCUT2D eigenvalue weighted by atomic mass is 10.1. The highest BCUT2D eigenvalue weighted by atomic mass is 32.2. The Morgan fingerprint density at radius 1 is 1.03 bits per heavy atom. The fourth-order valence-electron chi connectivity index (χ4n) is 2.81. The van der Waals surface area contributed by atoms with Crippen molar-refractivity contribution < 1.29 is 21.2 Å². The van der Waals surface area contributed by atoms with E-state index in [4.69, 9.17) is 5.14 Å². The SMILES string of the molecule is CCS(=O)(=O)N[C@H](C)c1ccc(Nc2nc(Nc3cccc(S(N)(=O)=O)c3)ncc2F)cc1. The number of primary sulfonamides is 1. The minimum absolute atomic E-state index is 0.0212. The maximum atomic E-state index is 14.3. The van der Waals surface area contributed by atoms with Crippen molar-refractivity contribution in [2.24, 2.45) is 5.14 Å². The van der Waals surface area contributed by atoms with Crippen molar-refractivity contribution in [2.75, 3.05) is 16.4 Å². The lowest BCUT2D eigenvalue weighted by Gasteiger charge is -2.15. The average Bonchev–Trinajstić information content (AvgIpc) is 2.76. The van der Waals surface area contributed by atoms with Crippen LogP contribution in [0.25, 0.3) is 0 Å². The van der Waals surface area contributed by atoms with Crippen LogP contribution in [0.4, 0.5) is 27.5 Å². The summed E-state index contributed by atoms with van der Waals surface area (Å²) in [4.78, 5) is 7.86. The van der Waals surface area contributed by atoms with E-state index >= 15 is 0 Å². The molecule has 0 amide bonds. The van der Waals surface area contributed by atoms with E-state index in [0.717, 1.165) is 11.8 Å². The summed E-state index contributed by atoms with van der Waals surface area (Å²) in [5.41, 5.74) is 1.61. The van der Waals surface area contributed by atoms with E-state index in [9.17, 15) is 21.2 Å². The third kappa shape index (κ3) is 6.68. The van der Waals surface area contributed by atoms with Gasteiger partial charge in [0.25, 0.3) is 0 Å². The minimum Gasteiger partial charge on any atom is -0.338 e. The first kappa shape index (κ1) is 24.5. The Labute approximate surface area is 191 Å². The third-order valence-electron chi connectivity index (χ3n) is 4.57. The molecule has 0 unspecified atom stereocenters. The number of hydrogen-bond donors (Lipinski definition) is 4. The second kappa shape index (κ2) is 9.79. The molecule has 3 aromatic rings. The highest BCUT2D eigenvalue weighted by Gasteiger charge is 2.14. The Hall–Kier alpha value is -3.13. The van der Waals surface area contributed by atoms with Gasteiger partial charge in [-0.15, -0.1) is 0 Å². The number of anilines is 4. The van der Waals surface area contributed by atoms with Crippen molar-refractivity contribution in [1.82, 2.24) is 14.7 Å². The Morgan fingerprint density at radius 3 is 2.36 bits per heavy atom. The molecule has 10 nitrogen and oxygen atoms in total. The summed E-state index contributed by atoms with van der Waals surface area (Å²) in [7, 11) is -7.24. The van der Waals surface area contributed by atoms with Gasteiger partial charge in [0.1, 0.15) is 0 Å². The molecule has 176 valence electrons. The average molecular weight is 495 g/mol. The lowest BCUT2D eigenvalue weighted by Crippen LogP contribution is -2.28. The lowest BCUT2D eigenvalue weighted by molar-refractivity contribution is 0.568. The molecule has 3 rings (SSSR count). The molecule has 0 spiro atoms. The van der Waals surface area contributed by atoms with Crippen LogP contribution in [0, 0.1) is 5.82 Å². The van der Waals surface area contributed by atoms with E-state index in [2.05, 4.69) is 25.3 Å². The van der Waals surface area contributed by atoms with E-state index in [1.54, 1.807) is 44.2 Å². The van der Waals surface area contributed by atoms with Gasteiger partial charge < -0.3 is 10.6 Å². The number of rotatable bonds is 9. The van der Waals surface area contributed by atoms with Gasteiger partial charge >= 0.3 is 0 Å². The van der Waals surface area contributed by atoms with E-state index in [1.165, 1.54) is 18.2 Å². The zero-order valence-corrected chi connectivity index (χ0v) is 19.4. The molecule has 1 heterocycles. The first-order valence-corrected chi connectivity index (χ1v) is 13.0. The first-order chi connectivity index (χ1) is 15.5. The molecule has 0 aliphatic carbocycles. The van der Waals surface area contributed by atoms with Crippen LogP contribution < -0.4 is 20.5 Å². The normalized spacial score (nSPS) is 12.8. The van der Waals surface area contributed by atoms with E-state index in [-0.39, 0.29) is 22.4 Å². The second-order valence-corrected chi connectivity index (χ2v) is 10.7. The van der Waals surface area contributed by atoms with Crippen molar-refractivity contribution in [3.63, 3.8) is 0 Å². The maximum absolute atomic E-state index is 14.3. The van der Waals surface area contributed by atoms with Gasteiger partial charge in [0.05, 0.1) is 16.8 Å². The molecule has 0 saturated heterocycles. The van der Waals surface area contributed by atoms with Gasteiger partial charge in [-0.2, -0.15) is 4.98 Å². The molecule has 2 aromatic carbocycles. The summed E-state index contributed by atoms with van der Waals surface area (Å²) in [5, 5.41) is 10.8. The van der Waals surface area contributed by atoms with Crippen molar-refractivity contribution in [3.05, 3.63) is 66.1 Å². The molecule has 33 heavy (non-hydrogen) atoms. The molecule has 0 fully saturated rings. The quantitative estimate of drug-likeness (QED) is 0.354. The molecule has 1 atom stereocenters. The van der Waals surface area contributed by atoms with Gasteiger partial charge in [0, 0.05) is 17.4 Å². The Kier molecular flexibility index (Phi) is 7.27. The van der Waals surface area contributed by atoms with Crippen molar-refractivity contribution in [3.8, 4) is 0 Å². The van der Waals surface area contributed by atoms with Gasteiger partial charge in [-0.3, -0.25) is 0 Å². The Balaban J connectivity index is 1.75. The van der Waals surface area contributed by atoms with Crippen LogP contribution >= 0.6 is 0 Å². The fraction of sp³-hybridized carbons (Fsp3) is 0.200. The van der Waals surface area contributed by atoms with Crippen LogP contribution in [-0.2, 0) is 20.0 Å². The summed E-state index contributed by atoms with van der Waals surface area (Å²) in [6.07, 6.45) is 0.969. The van der Waals surface area contributed by atoms with E-state index in [1.807, 2.05) is 0 Å². The van der Waals surface area contributed by atoms with Gasteiger partial charge in [-0.1, -0.05) is 18.2 Å². The van der Waals surface area contributed by atoms with Crippen molar-refractivity contribution in [1.29, 1.82) is 0 Å². The first-order valence-electron chi connectivity index (χ1n) is 9.76. The minimum atomic E-state index is -3.89. The molecular formula is C20H23FN6O4S2. The number of nitrogens with two attached hydrogens (primary N) is 1. The predicted molar refractivity (Wildman–Crippen MR) is 124 cm³/mol. The van der Waals surface area contributed by atoms with E-state index < -0.39 is 31.9 Å². The molecule has 0 aliphatic rings. The molecule has 0 bridgehead atoms.